The van der Waals surface area contributed by atoms with Crippen LogP contribution in [0.3, 0.4) is 0 Å². The van der Waals surface area contributed by atoms with Crippen LogP contribution in [0.4, 0.5) is 0 Å². The molecule has 2 aromatic carbocycles. The highest BCUT2D eigenvalue weighted by molar-refractivity contribution is 8.00. The first-order chi connectivity index (χ1) is 12.5. The summed E-state index contributed by atoms with van der Waals surface area (Å²) in [5.41, 5.74) is 1.87. The molecule has 26 heavy (non-hydrogen) atoms. The van der Waals surface area contributed by atoms with E-state index in [0.717, 1.165) is 16.5 Å². The number of rotatable bonds is 6. The summed E-state index contributed by atoms with van der Waals surface area (Å²) in [7, 11) is 0. The molecule has 132 valence electrons. The molecule has 0 aliphatic carbocycles. The summed E-state index contributed by atoms with van der Waals surface area (Å²) in [6.07, 6.45) is 3.81. The van der Waals surface area contributed by atoms with Gasteiger partial charge in [0.1, 0.15) is 10.3 Å². The molecule has 0 unspecified atom stereocenters. The maximum atomic E-state index is 11.6. The number of carboxylic acids is 1. The van der Waals surface area contributed by atoms with Crippen molar-refractivity contribution in [3.63, 3.8) is 0 Å². The van der Waals surface area contributed by atoms with Crippen molar-refractivity contribution < 1.29 is 9.90 Å². The number of para-hydroxylation sites is 1. The predicted molar refractivity (Wildman–Crippen MR) is 107 cm³/mol. The minimum absolute atomic E-state index is 0.00506. The van der Waals surface area contributed by atoms with E-state index in [1.807, 2.05) is 80.6 Å². The standard InChI is InChI=1S/C21H20N2O2S/c1-14(2)19(21(24)25)26-20-16-10-6-7-11-17(16)22-18(23-20)13-12-15-8-4-3-5-9-15/h3-14,19H,1-2H3,(H,24,25)/b13-12+/t19-/m1/s1. The molecule has 0 aliphatic rings. The maximum Gasteiger partial charge on any atom is 0.317 e. The normalized spacial score (nSPS) is 12.7. The average Bonchev–Trinajstić information content (AvgIpc) is 2.64. The van der Waals surface area contributed by atoms with E-state index in [4.69, 9.17) is 0 Å². The van der Waals surface area contributed by atoms with Crippen molar-refractivity contribution in [2.24, 2.45) is 5.92 Å². The number of carbonyl (C=O) groups is 1. The van der Waals surface area contributed by atoms with Crippen molar-refractivity contribution >= 4 is 40.8 Å². The van der Waals surface area contributed by atoms with Gasteiger partial charge in [0.25, 0.3) is 0 Å². The van der Waals surface area contributed by atoms with Crippen LogP contribution >= 0.6 is 11.8 Å². The smallest absolute Gasteiger partial charge is 0.317 e. The highest BCUT2D eigenvalue weighted by atomic mass is 32.2. The van der Waals surface area contributed by atoms with Crippen molar-refractivity contribution in [1.29, 1.82) is 0 Å². The maximum absolute atomic E-state index is 11.6. The van der Waals surface area contributed by atoms with Crippen molar-refractivity contribution in [1.82, 2.24) is 9.97 Å². The second kappa shape index (κ2) is 8.15. The second-order valence-corrected chi connectivity index (χ2v) is 7.40. The topological polar surface area (TPSA) is 63.1 Å². The lowest BCUT2D eigenvalue weighted by atomic mass is 10.1. The molecule has 3 rings (SSSR count). The number of thioether (sulfide) groups is 1. The van der Waals surface area contributed by atoms with E-state index >= 15 is 0 Å². The molecule has 1 atom stereocenters. The van der Waals surface area contributed by atoms with Crippen molar-refractivity contribution in [3.8, 4) is 0 Å². The van der Waals surface area contributed by atoms with Gasteiger partial charge >= 0.3 is 5.97 Å². The molecule has 1 heterocycles. The molecular formula is C21H20N2O2S. The fourth-order valence-electron chi connectivity index (χ4n) is 2.56. The number of fused-ring (bicyclic) bond motifs is 1. The molecule has 0 spiro atoms. The van der Waals surface area contributed by atoms with Crippen LogP contribution in [0.5, 0.6) is 0 Å². The van der Waals surface area contributed by atoms with Crippen molar-refractivity contribution in [2.75, 3.05) is 0 Å². The molecule has 1 aromatic heterocycles. The molecule has 3 aromatic rings. The van der Waals surface area contributed by atoms with Crippen LogP contribution in [0.15, 0.2) is 59.6 Å². The summed E-state index contributed by atoms with van der Waals surface area (Å²) in [5, 5.41) is 10.5. The van der Waals surface area contributed by atoms with Gasteiger partial charge in [-0.25, -0.2) is 9.97 Å². The van der Waals surface area contributed by atoms with E-state index in [0.29, 0.717) is 10.9 Å². The summed E-state index contributed by atoms with van der Waals surface area (Å²) in [6, 6.07) is 17.6. The Bertz CT molecular complexity index is 939. The zero-order valence-corrected chi connectivity index (χ0v) is 15.5. The minimum Gasteiger partial charge on any atom is -0.480 e. The van der Waals surface area contributed by atoms with E-state index in [1.165, 1.54) is 11.8 Å². The molecule has 0 bridgehead atoms. The Morgan fingerprint density at radius 2 is 1.69 bits per heavy atom. The fourth-order valence-corrected chi connectivity index (χ4v) is 3.62. The van der Waals surface area contributed by atoms with Crippen LogP contribution in [-0.2, 0) is 4.79 Å². The Morgan fingerprint density at radius 1 is 1.00 bits per heavy atom. The third kappa shape index (κ3) is 4.29. The van der Waals surface area contributed by atoms with Gasteiger partial charge in [-0.15, -0.1) is 0 Å². The lowest BCUT2D eigenvalue weighted by molar-refractivity contribution is -0.137. The van der Waals surface area contributed by atoms with E-state index in [9.17, 15) is 9.90 Å². The molecule has 0 saturated carbocycles. The molecule has 0 aliphatic heterocycles. The quantitative estimate of drug-likeness (QED) is 0.492. The third-order valence-corrected chi connectivity index (χ3v) is 5.43. The van der Waals surface area contributed by atoms with Gasteiger partial charge in [-0.05, 0) is 23.6 Å². The number of benzene rings is 2. The number of aromatic nitrogens is 2. The number of carboxylic acid groups (broad SMARTS) is 1. The predicted octanol–water partition coefficient (Wildman–Crippen LogP) is 5.00. The Kier molecular flexibility index (Phi) is 5.68. The first kappa shape index (κ1) is 18.1. The first-order valence-corrected chi connectivity index (χ1v) is 9.32. The summed E-state index contributed by atoms with van der Waals surface area (Å²) < 4.78 is 0. The van der Waals surface area contributed by atoms with Gasteiger partial charge in [0.05, 0.1) is 5.52 Å². The molecule has 4 nitrogen and oxygen atoms in total. The van der Waals surface area contributed by atoms with Gasteiger partial charge in [0, 0.05) is 5.39 Å². The Labute approximate surface area is 157 Å². The SMILES string of the molecule is CC(C)[C@@H](Sc1nc(/C=C/c2ccccc2)nc2ccccc12)C(=O)O. The summed E-state index contributed by atoms with van der Waals surface area (Å²) in [4.78, 5) is 20.8. The number of nitrogens with zero attached hydrogens (tertiary/aromatic N) is 2. The first-order valence-electron chi connectivity index (χ1n) is 8.44. The zero-order valence-electron chi connectivity index (χ0n) is 14.7. The second-order valence-electron chi connectivity index (χ2n) is 6.27. The van der Waals surface area contributed by atoms with Crippen molar-refractivity contribution in [3.05, 3.63) is 66.0 Å². The molecule has 0 amide bonds. The molecule has 1 N–H and O–H groups in total. The zero-order chi connectivity index (χ0) is 18.5. The third-order valence-electron chi connectivity index (χ3n) is 3.90. The van der Waals surface area contributed by atoms with Gasteiger partial charge in [-0.2, -0.15) is 0 Å². The number of hydrogen-bond donors (Lipinski definition) is 1. The van der Waals surface area contributed by atoms with Crippen LogP contribution in [0.25, 0.3) is 23.1 Å². The highest BCUT2D eigenvalue weighted by Crippen LogP contribution is 2.32. The fraction of sp³-hybridized carbons (Fsp3) is 0.190. The Hall–Kier alpha value is -2.66. The molecule has 0 radical (unpaired) electrons. The molecular weight excluding hydrogens is 344 g/mol. The Balaban J connectivity index is 2.01. The summed E-state index contributed by atoms with van der Waals surface area (Å²) in [5.74, 6) is -0.258. The van der Waals surface area contributed by atoms with E-state index in [2.05, 4.69) is 9.97 Å². The Morgan fingerprint density at radius 3 is 2.38 bits per heavy atom. The summed E-state index contributed by atoms with van der Waals surface area (Å²) in [6.45, 7) is 3.82. The molecule has 5 heteroatoms. The molecule has 0 fully saturated rings. The van der Waals surface area contributed by atoms with Crippen molar-refractivity contribution in [2.45, 2.75) is 24.1 Å². The van der Waals surface area contributed by atoms with Gasteiger partial charge in [-0.1, -0.05) is 80.2 Å². The largest absolute Gasteiger partial charge is 0.480 e. The van der Waals surface area contributed by atoms with Crippen LogP contribution in [0.2, 0.25) is 0 Å². The number of aliphatic carboxylic acids is 1. The van der Waals surface area contributed by atoms with E-state index in [-0.39, 0.29) is 5.92 Å². The van der Waals surface area contributed by atoms with Gasteiger partial charge in [0.15, 0.2) is 5.82 Å². The molecule has 0 saturated heterocycles. The minimum atomic E-state index is -0.825. The van der Waals surface area contributed by atoms with E-state index < -0.39 is 11.2 Å². The number of hydrogen-bond acceptors (Lipinski definition) is 4. The van der Waals surface area contributed by atoms with Crippen LogP contribution in [0, 0.1) is 5.92 Å². The van der Waals surface area contributed by atoms with E-state index in [1.54, 1.807) is 0 Å². The van der Waals surface area contributed by atoms with Crippen LogP contribution < -0.4 is 0 Å². The lowest BCUT2D eigenvalue weighted by Gasteiger charge is -2.16. The average molecular weight is 364 g/mol. The van der Waals surface area contributed by atoms with Crippen LogP contribution in [-0.4, -0.2) is 26.3 Å². The summed E-state index contributed by atoms with van der Waals surface area (Å²) >= 11 is 1.29. The van der Waals surface area contributed by atoms with Gasteiger partial charge in [0.2, 0.25) is 0 Å². The monoisotopic (exact) mass is 364 g/mol. The lowest BCUT2D eigenvalue weighted by Crippen LogP contribution is -2.22. The highest BCUT2D eigenvalue weighted by Gasteiger charge is 2.24. The van der Waals surface area contributed by atoms with Crippen LogP contribution in [0.1, 0.15) is 25.2 Å². The van der Waals surface area contributed by atoms with Gasteiger partial charge in [-0.3, -0.25) is 4.79 Å². The van der Waals surface area contributed by atoms with Gasteiger partial charge < -0.3 is 5.11 Å².